The summed E-state index contributed by atoms with van der Waals surface area (Å²) < 4.78 is 22.0. The van der Waals surface area contributed by atoms with Crippen LogP contribution in [0.25, 0.3) is 0 Å². The highest BCUT2D eigenvalue weighted by Crippen LogP contribution is 2.29. The number of rotatable bonds is 9. The first-order valence-corrected chi connectivity index (χ1v) is 11.4. The van der Waals surface area contributed by atoms with Crippen molar-refractivity contribution in [2.45, 2.75) is 18.9 Å². The van der Waals surface area contributed by atoms with Gasteiger partial charge in [-0.15, -0.1) is 0 Å². The number of hydrogen-bond donors (Lipinski definition) is 1. The minimum Gasteiger partial charge on any atom is -0.493 e. The Kier molecular flexibility index (Phi) is 7.85. The molecule has 1 aromatic carbocycles. The van der Waals surface area contributed by atoms with Gasteiger partial charge in [-0.25, -0.2) is 0 Å². The molecule has 2 aliphatic heterocycles. The molecule has 1 unspecified atom stereocenters. The molecular weight excluding hydrogens is 426 g/mol. The van der Waals surface area contributed by atoms with E-state index >= 15 is 0 Å². The van der Waals surface area contributed by atoms with Crippen LogP contribution in [-0.4, -0.2) is 81.3 Å². The minimum absolute atomic E-state index is 0.00199. The van der Waals surface area contributed by atoms with Crippen molar-refractivity contribution >= 4 is 11.8 Å². The van der Waals surface area contributed by atoms with Crippen molar-refractivity contribution in [3.8, 4) is 11.5 Å². The number of amides is 2. The Balaban J connectivity index is 1.36. The second-order valence-electron chi connectivity index (χ2n) is 8.13. The molecule has 0 saturated carbocycles. The second-order valence-corrected chi connectivity index (χ2v) is 8.13. The molecule has 2 amide bonds. The largest absolute Gasteiger partial charge is 0.493 e. The average molecular weight is 458 g/mol. The molecule has 0 aliphatic carbocycles. The van der Waals surface area contributed by atoms with E-state index in [2.05, 4.69) is 10.2 Å². The lowest BCUT2D eigenvalue weighted by molar-refractivity contribution is -0.137. The Morgan fingerprint density at radius 2 is 1.88 bits per heavy atom. The zero-order valence-corrected chi connectivity index (χ0v) is 19.0. The third-order valence-electron chi connectivity index (χ3n) is 6.05. The molecule has 4 rings (SSSR count). The maximum Gasteiger partial charge on any atom is 0.260 e. The molecule has 2 fully saturated rings. The SMILES string of the molecule is COc1cc(C(=O)NCC(c2ccco2)N2CCCC2)ccc1OCC(=O)N1CCOCC1. The van der Waals surface area contributed by atoms with Crippen molar-refractivity contribution in [1.29, 1.82) is 0 Å². The number of likely N-dealkylation sites (tertiary alicyclic amines) is 1. The lowest BCUT2D eigenvalue weighted by atomic mass is 10.1. The predicted octanol–water partition coefficient (Wildman–Crippen LogP) is 2.09. The lowest BCUT2D eigenvalue weighted by Gasteiger charge is -2.26. The van der Waals surface area contributed by atoms with Crippen molar-refractivity contribution in [1.82, 2.24) is 15.1 Å². The van der Waals surface area contributed by atoms with Crippen LogP contribution >= 0.6 is 0 Å². The summed E-state index contributed by atoms with van der Waals surface area (Å²) in [5.41, 5.74) is 0.457. The topological polar surface area (TPSA) is 93.5 Å². The predicted molar refractivity (Wildman–Crippen MR) is 120 cm³/mol. The fourth-order valence-electron chi connectivity index (χ4n) is 4.21. The van der Waals surface area contributed by atoms with Gasteiger partial charge in [0.1, 0.15) is 5.76 Å². The van der Waals surface area contributed by atoms with Crippen LogP contribution < -0.4 is 14.8 Å². The highest BCUT2D eigenvalue weighted by atomic mass is 16.5. The van der Waals surface area contributed by atoms with Gasteiger partial charge >= 0.3 is 0 Å². The van der Waals surface area contributed by atoms with Gasteiger partial charge in [0.15, 0.2) is 18.1 Å². The monoisotopic (exact) mass is 457 g/mol. The fraction of sp³-hybridized carbons (Fsp3) is 0.500. The molecule has 9 heteroatoms. The van der Waals surface area contributed by atoms with Crippen LogP contribution in [-0.2, 0) is 9.53 Å². The summed E-state index contributed by atoms with van der Waals surface area (Å²) in [6.07, 6.45) is 3.96. The van der Waals surface area contributed by atoms with Gasteiger partial charge in [-0.3, -0.25) is 14.5 Å². The minimum atomic E-state index is -0.208. The molecule has 0 spiro atoms. The number of benzene rings is 1. The molecule has 1 atom stereocenters. The van der Waals surface area contributed by atoms with E-state index < -0.39 is 0 Å². The summed E-state index contributed by atoms with van der Waals surface area (Å²) in [5.74, 6) is 1.36. The Labute approximate surface area is 193 Å². The number of nitrogens with zero attached hydrogens (tertiary/aromatic N) is 2. The Hall–Kier alpha value is -3.04. The highest BCUT2D eigenvalue weighted by Gasteiger charge is 2.26. The van der Waals surface area contributed by atoms with E-state index in [0.29, 0.717) is 49.9 Å². The Bertz CT molecular complexity index is 920. The normalized spacial score (nSPS) is 17.5. The summed E-state index contributed by atoms with van der Waals surface area (Å²) in [5, 5.41) is 3.02. The van der Waals surface area contributed by atoms with E-state index in [9.17, 15) is 9.59 Å². The molecule has 178 valence electrons. The summed E-state index contributed by atoms with van der Waals surface area (Å²) in [4.78, 5) is 29.2. The number of hydrogen-bond acceptors (Lipinski definition) is 7. The zero-order chi connectivity index (χ0) is 23.0. The van der Waals surface area contributed by atoms with Gasteiger partial charge in [0, 0.05) is 25.2 Å². The lowest BCUT2D eigenvalue weighted by Crippen LogP contribution is -2.43. The van der Waals surface area contributed by atoms with Crippen molar-refractivity contribution < 1.29 is 28.2 Å². The second kappa shape index (κ2) is 11.2. The number of carbonyl (C=O) groups is 2. The molecular formula is C24H31N3O6. The van der Waals surface area contributed by atoms with Crippen LogP contribution in [0.4, 0.5) is 0 Å². The van der Waals surface area contributed by atoms with Crippen LogP contribution in [0.2, 0.25) is 0 Å². The maximum atomic E-state index is 12.9. The van der Waals surface area contributed by atoms with Gasteiger partial charge in [0.2, 0.25) is 0 Å². The van der Waals surface area contributed by atoms with E-state index in [1.165, 1.54) is 7.11 Å². The third kappa shape index (κ3) is 5.85. The van der Waals surface area contributed by atoms with E-state index in [1.807, 2.05) is 12.1 Å². The summed E-state index contributed by atoms with van der Waals surface area (Å²) >= 11 is 0. The molecule has 9 nitrogen and oxygen atoms in total. The zero-order valence-electron chi connectivity index (χ0n) is 19.0. The summed E-state index contributed by atoms with van der Waals surface area (Å²) in [7, 11) is 1.51. The molecule has 1 aromatic heterocycles. The van der Waals surface area contributed by atoms with E-state index in [4.69, 9.17) is 18.6 Å². The molecule has 0 radical (unpaired) electrons. The van der Waals surface area contributed by atoms with Gasteiger partial charge in [-0.2, -0.15) is 0 Å². The van der Waals surface area contributed by atoms with Crippen molar-refractivity contribution in [3.63, 3.8) is 0 Å². The van der Waals surface area contributed by atoms with Crippen LogP contribution in [0.3, 0.4) is 0 Å². The number of carbonyl (C=O) groups excluding carboxylic acids is 2. The first kappa shape index (κ1) is 23.1. The standard InChI is InChI=1S/C24H31N3O6/c1-30-22-15-18(6-7-21(22)33-17-23(28)27-10-13-31-14-11-27)24(29)25-16-19(20-5-4-12-32-20)26-8-2-3-9-26/h4-7,12,15,19H,2-3,8-11,13-14,16-17H2,1H3,(H,25,29). The fourth-order valence-corrected chi connectivity index (χ4v) is 4.21. The van der Waals surface area contributed by atoms with Crippen molar-refractivity contribution in [2.75, 3.05) is 59.7 Å². The molecule has 2 aromatic rings. The molecule has 3 heterocycles. The first-order chi connectivity index (χ1) is 16.2. The number of ether oxygens (including phenoxy) is 3. The Morgan fingerprint density at radius 3 is 2.58 bits per heavy atom. The molecule has 2 saturated heterocycles. The highest BCUT2D eigenvalue weighted by molar-refractivity contribution is 5.95. The maximum absolute atomic E-state index is 12.9. The Morgan fingerprint density at radius 1 is 1.09 bits per heavy atom. The van der Waals surface area contributed by atoms with E-state index in [0.717, 1.165) is 31.7 Å². The smallest absolute Gasteiger partial charge is 0.260 e. The number of methoxy groups -OCH3 is 1. The number of morpholine rings is 1. The van der Waals surface area contributed by atoms with Crippen LogP contribution in [0, 0.1) is 0 Å². The van der Waals surface area contributed by atoms with Crippen molar-refractivity contribution in [2.24, 2.45) is 0 Å². The van der Waals surface area contributed by atoms with Crippen LogP contribution in [0.15, 0.2) is 41.0 Å². The van der Waals surface area contributed by atoms with E-state index in [-0.39, 0.29) is 24.5 Å². The van der Waals surface area contributed by atoms with Gasteiger partial charge < -0.3 is 28.8 Å². The molecule has 33 heavy (non-hydrogen) atoms. The van der Waals surface area contributed by atoms with Crippen LogP contribution in [0.5, 0.6) is 11.5 Å². The molecule has 1 N–H and O–H groups in total. The first-order valence-electron chi connectivity index (χ1n) is 11.4. The van der Waals surface area contributed by atoms with Gasteiger partial charge in [0.25, 0.3) is 11.8 Å². The molecule has 0 bridgehead atoms. The molecule has 2 aliphatic rings. The van der Waals surface area contributed by atoms with E-state index in [1.54, 1.807) is 29.4 Å². The number of nitrogens with one attached hydrogen (secondary N) is 1. The van der Waals surface area contributed by atoms with Gasteiger partial charge in [0.05, 0.1) is 32.6 Å². The summed E-state index contributed by atoms with van der Waals surface area (Å²) in [6, 6.07) is 8.77. The van der Waals surface area contributed by atoms with Crippen molar-refractivity contribution in [3.05, 3.63) is 47.9 Å². The van der Waals surface area contributed by atoms with Gasteiger partial charge in [-0.1, -0.05) is 0 Å². The number of furan rings is 1. The van der Waals surface area contributed by atoms with Crippen LogP contribution in [0.1, 0.15) is 35.0 Å². The average Bonchev–Trinajstić information content (AvgIpc) is 3.58. The van der Waals surface area contributed by atoms with Gasteiger partial charge in [-0.05, 0) is 56.3 Å². The quantitative estimate of drug-likeness (QED) is 0.616. The third-order valence-corrected chi connectivity index (χ3v) is 6.05. The summed E-state index contributed by atoms with van der Waals surface area (Å²) in [6.45, 7) is 4.54.